The van der Waals surface area contributed by atoms with E-state index >= 15 is 0 Å². The lowest BCUT2D eigenvalue weighted by molar-refractivity contribution is -0.274. The average molecular weight is 310 g/mol. The molecule has 0 saturated carbocycles. The minimum atomic E-state index is -4.84. The Kier molecular flexibility index (Phi) is 5.00. The summed E-state index contributed by atoms with van der Waals surface area (Å²) in [7, 11) is 0. The van der Waals surface area contributed by atoms with Gasteiger partial charge in [0.1, 0.15) is 5.75 Å². The Hall–Kier alpha value is -1.41. The number of nitrogens with one attached hydrogen (secondary N) is 1. The van der Waals surface area contributed by atoms with Crippen LogP contribution in [0, 0.1) is 0 Å². The molecule has 1 atom stereocenters. The highest BCUT2D eigenvalue weighted by Crippen LogP contribution is 2.31. The molecule has 1 fully saturated rings. The second-order valence-corrected chi connectivity index (χ2v) is 4.69. The molecule has 1 aliphatic rings. The summed E-state index contributed by atoms with van der Waals surface area (Å²) in [6.45, 7) is 1.97. The summed E-state index contributed by atoms with van der Waals surface area (Å²) in [5, 5.41) is 3.04. The monoisotopic (exact) mass is 310 g/mol. The predicted octanol–water partition coefficient (Wildman–Crippen LogP) is 2.80. The maximum atomic E-state index is 13.3. The largest absolute Gasteiger partial charge is 0.573 e. The molecule has 21 heavy (non-hydrogen) atoms. The molecule has 1 N–H and O–H groups in total. The summed E-state index contributed by atoms with van der Waals surface area (Å²) < 4.78 is 67.0. The standard InChI is InChI=1S/C13H15F5N2O/c14-12(15)11(20-6-4-19-5-7-20)9-2-1-3-10(8-9)21-13(16,17)18/h1-3,8,11-12,19H,4-7H2/t11-/m1/s1. The van der Waals surface area contributed by atoms with Gasteiger partial charge in [-0.1, -0.05) is 12.1 Å². The third kappa shape index (κ3) is 4.53. The fraction of sp³-hybridized carbons (Fsp3) is 0.538. The van der Waals surface area contributed by atoms with E-state index in [1.54, 1.807) is 4.90 Å². The molecule has 0 spiro atoms. The van der Waals surface area contributed by atoms with Gasteiger partial charge in [0, 0.05) is 26.2 Å². The van der Waals surface area contributed by atoms with E-state index in [1.165, 1.54) is 12.1 Å². The molecule has 2 rings (SSSR count). The Morgan fingerprint density at radius 1 is 1.14 bits per heavy atom. The van der Waals surface area contributed by atoms with Gasteiger partial charge in [-0.2, -0.15) is 0 Å². The molecule has 0 radical (unpaired) electrons. The molecule has 0 bridgehead atoms. The molecule has 8 heteroatoms. The smallest absolute Gasteiger partial charge is 0.406 e. The zero-order valence-corrected chi connectivity index (χ0v) is 11.0. The number of piperazine rings is 1. The second-order valence-electron chi connectivity index (χ2n) is 4.69. The number of halogens is 5. The van der Waals surface area contributed by atoms with Crippen LogP contribution < -0.4 is 10.1 Å². The van der Waals surface area contributed by atoms with Gasteiger partial charge in [-0.15, -0.1) is 13.2 Å². The molecule has 0 unspecified atom stereocenters. The van der Waals surface area contributed by atoms with Crippen molar-refractivity contribution < 1.29 is 26.7 Å². The molecule has 0 amide bonds. The highest BCUT2D eigenvalue weighted by Gasteiger charge is 2.33. The molecule has 3 nitrogen and oxygen atoms in total. The van der Waals surface area contributed by atoms with Crippen LogP contribution in [0.5, 0.6) is 5.75 Å². The first-order valence-corrected chi connectivity index (χ1v) is 6.45. The van der Waals surface area contributed by atoms with Gasteiger partial charge in [0.05, 0.1) is 6.04 Å². The predicted molar refractivity (Wildman–Crippen MR) is 66.3 cm³/mol. The molecule has 1 saturated heterocycles. The van der Waals surface area contributed by atoms with Crippen LogP contribution in [-0.2, 0) is 0 Å². The number of hydrogen-bond acceptors (Lipinski definition) is 3. The first kappa shape index (κ1) is 16.0. The van der Waals surface area contributed by atoms with Crippen LogP contribution in [0.25, 0.3) is 0 Å². The van der Waals surface area contributed by atoms with Crippen molar-refractivity contribution >= 4 is 0 Å². The Balaban J connectivity index is 2.21. The van der Waals surface area contributed by atoms with E-state index in [0.29, 0.717) is 26.2 Å². The summed E-state index contributed by atoms with van der Waals surface area (Å²) in [6, 6.07) is 3.56. The molecule has 118 valence electrons. The number of nitrogens with zero attached hydrogens (tertiary/aromatic N) is 1. The van der Waals surface area contributed by atoms with Crippen molar-refractivity contribution in [3.63, 3.8) is 0 Å². The minimum Gasteiger partial charge on any atom is -0.406 e. The van der Waals surface area contributed by atoms with Crippen LogP contribution in [0.2, 0.25) is 0 Å². The van der Waals surface area contributed by atoms with Crippen LogP contribution in [0.4, 0.5) is 22.0 Å². The van der Waals surface area contributed by atoms with Crippen molar-refractivity contribution in [3.8, 4) is 5.75 Å². The molecule has 0 aromatic heterocycles. The van der Waals surface area contributed by atoms with E-state index in [0.717, 1.165) is 12.1 Å². The molecule has 1 aliphatic heterocycles. The van der Waals surface area contributed by atoms with E-state index in [2.05, 4.69) is 10.1 Å². The van der Waals surface area contributed by atoms with Gasteiger partial charge in [0.2, 0.25) is 0 Å². The van der Waals surface area contributed by atoms with Crippen LogP contribution in [0.3, 0.4) is 0 Å². The van der Waals surface area contributed by atoms with E-state index in [4.69, 9.17) is 0 Å². The van der Waals surface area contributed by atoms with Gasteiger partial charge in [0.25, 0.3) is 6.43 Å². The number of ether oxygens (including phenoxy) is 1. The highest BCUT2D eigenvalue weighted by molar-refractivity contribution is 5.31. The van der Waals surface area contributed by atoms with Crippen LogP contribution >= 0.6 is 0 Å². The fourth-order valence-corrected chi connectivity index (χ4v) is 2.37. The highest BCUT2D eigenvalue weighted by atomic mass is 19.4. The molecule has 1 aromatic carbocycles. The first-order chi connectivity index (χ1) is 9.87. The first-order valence-electron chi connectivity index (χ1n) is 6.45. The van der Waals surface area contributed by atoms with Crippen LogP contribution in [-0.4, -0.2) is 43.9 Å². The molecule has 1 aromatic rings. The molecule has 1 heterocycles. The third-order valence-corrected chi connectivity index (χ3v) is 3.22. The number of rotatable bonds is 4. The van der Waals surface area contributed by atoms with Crippen LogP contribution in [0.15, 0.2) is 24.3 Å². The summed E-state index contributed by atoms with van der Waals surface area (Å²) in [5.74, 6) is -0.485. The zero-order valence-electron chi connectivity index (χ0n) is 11.0. The van der Waals surface area contributed by atoms with Gasteiger partial charge in [-0.05, 0) is 17.7 Å². The van der Waals surface area contributed by atoms with Crippen molar-refractivity contribution in [2.24, 2.45) is 0 Å². The topological polar surface area (TPSA) is 24.5 Å². The number of hydrogen-bond donors (Lipinski definition) is 1. The Bertz CT molecular complexity index is 460. The molecule has 0 aliphatic carbocycles. The van der Waals surface area contributed by atoms with E-state index < -0.39 is 24.6 Å². The summed E-state index contributed by atoms with van der Waals surface area (Å²) in [6.07, 6.45) is -7.53. The van der Waals surface area contributed by atoms with Gasteiger partial charge in [-0.3, -0.25) is 4.90 Å². The van der Waals surface area contributed by atoms with Crippen molar-refractivity contribution in [3.05, 3.63) is 29.8 Å². The Morgan fingerprint density at radius 2 is 1.81 bits per heavy atom. The Labute approximate surface area is 118 Å². The van der Waals surface area contributed by atoms with Crippen molar-refractivity contribution in [2.45, 2.75) is 18.8 Å². The van der Waals surface area contributed by atoms with E-state index in [9.17, 15) is 22.0 Å². The lowest BCUT2D eigenvalue weighted by Gasteiger charge is -2.34. The lowest BCUT2D eigenvalue weighted by Crippen LogP contribution is -2.46. The summed E-state index contributed by atoms with van der Waals surface area (Å²) in [5.41, 5.74) is 0.119. The molecular weight excluding hydrogens is 295 g/mol. The second kappa shape index (κ2) is 6.57. The van der Waals surface area contributed by atoms with Crippen LogP contribution in [0.1, 0.15) is 11.6 Å². The minimum absolute atomic E-state index is 0.119. The molecular formula is C13H15F5N2O. The van der Waals surface area contributed by atoms with Gasteiger partial charge in [0.15, 0.2) is 0 Å². The van der Waals surface area contributed by atoms with Crippen molar-refractivity contribution in [1.29, 1.82) is 0 Å². The maximum absolute atomic E-state index is 13.3. The SMILES string of the molecule is FC(F)[C@@H](c1cccc(OC(F)(F)F)c1)N1CCNCC1. The Morgan fingerprint density at radius 3 is 2.38 bits per heavy atom. The van der Waals surface area contributed by atoms with Crippen molar-refractivity contribution in [1.82, 2.24) is 10.2 Å². The van der Waals surface area contributed by atoms with E-state index in [1.807, 2.05) is 0 Å². The average Bonchev–Trinajstić information content (AvgIpc) is 2.38. The lowest BCUT2D eigenvalue weighted by atomic mass is 10.0. The maximum Gasteiger partial charge on any atom is 0.573 e. The zero-order chi connectivity index (χ0) is 15.5. The summed E-state index contributed by atoms with van der Waals surface area (Å²) >= 11 is 0. The third-order valence-electron chi connectivity index (χ3n) is 3.22. The normalized spacial score (nSPS) is 18.8. The van der Waals surface area contributed by atoms with Crippen molar-refractivity contribution in [2.75, 3.05) is 26.2 Å². The fourth-order valence-electron chi connectivity index (χ4n) is 2.37. The van der Waals surface area contributed by atoms with E-state index in [-0.39, 0.29) is 5.56 Å². The number of alkyl halides is 5. The summed E-state index contributed by atoms with van der Waals surface area (Å²) in [4.78, 5) is 1.56. The van der Waals surface area contributed by atoms with Gasteiger partial charge in [-0.25, -0.2) is 8.78 Å². The van der Waals surface area contributed by atoms with Gasteiger partial charge < -0.3 is 10.1 Å². The quantitative estimate of drug-likeness (QED) is 0.866. The van der Waals surface area contributed by atoms with Gasteiger partial charge >= 0.3 is 6.36 Å². The number of benzene rings is 1.